The molecular weight excluding hydrogens is 531 g/mol. The molecule has 0 aliphatic carbocycles. The fourth-order valence-electron chi connectivity index (χ4n) is 3.34. The fourth-order valence-corrected chi connectivity index (χ4v) is 3.34. The molecule has 0 spiro atoms. The van der Waals surface area contributed by atoms with Gasteiger partial charge in [-0.3, -0.25) is 29.1 Å². The predicted molar refractivity (Wildman–Crippen MR) is 126 cm³/mol. The van der Waals surface area contributed by atoms with Crippen molar-refractivity contribution in [3.63, 3.8) is 0 Å². The first-order chi connectivity index (χ1) is 18.3. The summed E-state index contributed by atoms with van der Waals surface area (Å²) in [6.07, 6.45) is -4.97. The van der Waals surface area contributed by atoms with Crippen LogP contribution in [0, 0.1) is 0 Å². The molecule has 2 amide bonds. The number of carboxylic acid groups (broad SMARTS) is 1. The largest absolute Gasteiger partial charge is 0.481 e. The van der Waals surface area contributed by atoms with Crippen molar-refractivity contribution in [3.8, 4) is 0 Å². The number of alkyl halides is 3. The fraction of sp³-hybridized carbons (Fsp3) is 0.273. The number of anilines is 2. The molecule has 0 aliphatic heterocycles. The van der Waals surface area contributed by atoms with Gasteiger partial charge in [-0.2, -0.15) is 18.2 Å². The summed E-state index contributed by atoms with van der Waals surface area (Å²) in [6, 6.07) is 2.99. The Morgan fingerprint density at radius 2 is 1.85 bits per heavy atom. The number of aromatic nitrogens is 4. The van der Waals surface area contributed by atoms with E-state index < -0.39 is 54.5 Å². The van der Waals surface area contributed by atoms with Crippen molar-refractivity contribution in [3.05, 3.63) is 52.1 Å². The minimum Gasteiger partial charge on any atom is -0.481 e. The highest BCUT2D eigenvalue weighted by atomic mass is 19.4. The number of nitrogens with zero attached hydrogens (tertiary/aromatic N) is 4. The summed E-state index contributed by atoms with van der Waals surface area (Å²) in [5, 5.41) is 11.1. The van der Waals surface area contributed by atoms with Crippen LogP contribution in [0.1, 0.15) is 28.9 Å². The number of carboxylic acids is 1. The lowest BCUT2D eigenvalue weighted by molar-refractivity contribution is -0.170. The van der Waals surface area contributed by atoms with E-state index >= 15 is 0 Å². The van der Waals surface area contributed by atoms with Gasteiger partial charge in [-0.25, -0.2) is 14.8 Å². The number of rotatable bonds is 9. The van der Waals surface area contributed by atoms with Crippen molar-refractivity contribution < 1.29 is 42.2 Å². The highest BCUT2D eigenvalue weighted by molar-refractivity contribution is 5.99. The maximum atomic E-state index is 13.4. The second kappa shape index (κ2) is 11.5. The van der Waals surface area contributed by atoms with Crippen LogP contribution in [0.2, 0.25) is 0 Å². The molecule has 0 bridgehead atoms. The van der Waals surface area contributed by atoms with Gasteiger partial charge in [0.1, 0.15) is 6.04 Å². The number of hydrogen-bond donors (Lipinski definition) is 4. The number of halogens is 3. The van der Waals surface area contributed by atoms with Crippen molar-refractivity contribution in [2.75, 3.05) is 17.7 Å². The number of aromatic amines is 1. The number of benzene rings is 1. The van der Waals surface area contributed by atoms with Crippen LogP contribution < -0.4 is 21.5 Å². The van der Waals surface area contributed by atoms with Gasteiger partial charge in [-0.05, 0) is 30.7 Å². The summed E-state index contributed by atoms with van der Waals surface area (Å²) in [5.74, 6) is -5.45. The number of hydrogen-bond acceptors (Lipinski definition) is 10. The van der Waals surface area contributed by atoms with Crippen LogP contribution in [0.15, 0.2) is 35.3 Å². The summed E-state index contributed by atoms with van der Waals surface area (Å²) in [4.78, 5) is 73.6. The Kier molecular flexibility index (Phi) is 8.42. The first-order valence-electron chi connectivity index (χ1n) is 10.9. The Morgan fingerprint density at radius 3 is 2.44 bits per heavy atom. The molecule has 17 heteroatoms. The van der Waals surface area contributed by atoms with Crippen LogP contribution >= 0.6 is 0 Å². The van der Waals surface area contributed by atoms with Gasteiger partial charge in [0, 0.05) is 17.7 Å². The number of ether oxygens (including phenoxy) is 1. The van der Waals surface area contributed by atoms with Gasteiger partial charge in [-0.1, -0.05) is 0 Å². The highest BCUT2D eigenvalue weighted by Gasteiger charge is 2.43. The third-order valence-corrected chi connectivity index (χ3v) is 5.17. The van der Waals surface area contributed by atoms with Crippen molar-refractivity contribution in [1.29, 1.82) is 0 Å². The Morgan fingerprint density at radius 1 is 1.18 bits per heavy atom. The van der Waals surface area contributed by atoms with Crippen LogP contribution in [0.3, 0.4) is 0 Å². The van der Waals surface area contributed by atoms with Crippen molar-refractivity contribution in [1.82, 2.24) is 25.3 Å². The summed E-state index contributed by atoms with van der Waals surface area (Å²) >= 11 is 0. The monoisotopic (exact) mass is 551 g/mol. The number of carbonyl (C=O) groups is 4. The zero-order chi connectivity index (χ0) is 28.9. The standard InChI is InChI=1S/C22H20F3N7O7/c1-39-19(37)13(6-7-14(33)34)29-17(35)10-2-4-12(5-3-10)32(20(38)22(23,24)25)9-11-8-27-16-15(28-11)18(36)31-21(26)30-16/h2-5,8,13H,6-7,9H2,1H3,(H,29,35)(H,33,34)(H3,26,27,30,31,36). The molecule has 1 aromatic carbocycles. The molecule has 5 N–H and O–H groups in total. The molecule has 0 saturated carbocycles. The minimum atomic E-state index is -5.29. The second-order valence-corrected chi connectivity index (χ2v) is 7.90. The molecule has 3 aromatic rings. The average Bonchev–Trinajstić information content (AvgIpc) is 2.88. The topological polar surface area (TPSA) is 211 Å². The minimum absolute atomic E-state index is 0.108. The van der Waals surface area contributed by atoms with E-state index in [9.17, 15) is 37.1 Å². The summed E-state index contributed by atoms with van der Waals surface area (Å²) in [7, 11) is 1.05. The van der Waals surface area contributed by atoms with Crippen molar-refractivity contribution in [2.45, 2.75) is 31.6 Å². The lowest BCUT2D eigenvalue weighted by Gasteiger charge is -2.24. The number of amides is 2. The number of aliphatic carboxylic acids is 1. The normalized spacial score (nSPS) is 12.0. The van der Waals surface area contributed by atoms with Crippen molar-refractivity contribution in [2.24, 2.45) is 0 Å². The van der Waals surface area contributed by atoms with Gasteiger partial charge in [0.05, 0.1) is 25.5 Å². The molecule has 1 unspecified atom stereocenters. The van der Waals surface area contributed by atoms with E-state index in [1.54, 1.807) is 0 Å². The Labute approximate surface area is 216 Å². The van der Waals surface area contributed by atoms with Crippen molar-refractivity contribution >= 4 is 46.6 Å². The lowest BCUT2D eigenvalue weighted by atomic mass is 10.1. The maximum Gasteiger partial charge on any atom is 0.471 e. The number of H-pyrrole nitrogens is 1. The molecule has 0 aliphatic rings. The van der Waals surface area contributed by atoms with E-state index in [0.29, 0.717) is 4.90 Å². The van der Waals surface area contributed by atoms with Gasteiger partial charge >= 0.3 is 24.0 Å². The third-order valence-electron chi connectivity index (χ3n) is 5.17. The molecule has 206 valence electrons. The SMILES string of the molecule is COC(=O)C(CCC(=O)O)NC(=O)c1ccc(N(Cc2cnc3nc(N)[nH]c(=O)c3n2)C(=O)C(F)(F)F)cc1. The van der Waals surface area contributed by atoms with Crippen LogP contribution in [-0.2, 0) is 25.7 Å². The highest BCUT2D eigenvalue weighted by Crippen LogP contribution is 2.26. The Hall–Kier alpha value is -5.09. The van der Waals surface area contributed by atoms with Crippen LogP contribution in [0.5, 0.6) is 0 Å². The van der Waals surface area contributed by atoms with Crippen LogP contribution in [-0.4, -0.2) is 68.1 Å². The molecule has 14 nitrogen and oxygen atoms in total. The summed E-state index contributed by atoms with van der Waals surface area (Å²) in [5.41, 5.74) is 3.60. The predicted octanol–water partition coefficient (Wildman–Crippen LogP) is 0.527. The average molecular weight is 551 g/mol. The van der Waals surface area contributed by atoms with E-state index in [1.165, 1.54) is 0 Å². The number of nitrogens with one attached hydrogen (secondary N) is 2. The Balaban J connectivity index is 1.88. The van der Waals surface area contributed by atoms with Crippen LogP contribution in [0.25, 0.3) is 11.2 Å². The molecular formula is C22H20F3N7O7. The number of nitrogens with two attached hydrogens (primary N) is 1. The smallest absolute Gasteiger partial charge is 0.471 e. The van der Waals surface area contributed by atoms with E-state index in [2.05, 4.69) is 30.0 Å². The van der Waals surface area contributed by atoms with Crippen LogP contribution in [0.4, 0.5) is 24.8 Å². The van der Waals surface area contributed by atoms with E-state index in [1.807, 2.05) is 0 Å². The first kappa shape index (κ1) is 28.5. The number of nitrogen functional groups attached to an aromatic ring is 1. The first-order valence-corrected chi connectivity index (χ1v) is 10.9. The van der Waals surface area contributed by atoms with Gasteiger partial charge in [0.25, 0.3) is 11.5 Å². The van der Waals surface area contributed by atoms with E-state index in [-0.39, 0.29) is 40.5 Å². The zero-order valence-corrected chi connectivity index (χ0v) is 20.0. The number of carbonyl (C=O) groups excluding carboxylic acids is 3. The molecule has 0 saturated heterocycles. The Bertz CT molecular complexity index is 1480. The molecule has 39 heavy (non-hydrogen) atoms. The molecule has 0 radical (unpaired) electrons. The molecule has 1 atom stereocenters. The van der Waals surface area contributed by atoms with Gasteiger partial charge in [0.15, 0.2) is 11.2 Å². The molecule has 0 fully saturated rings. The zero-order valence-electron chi connectivity index (χ0n) is 20.0. The molecule has 3 rings (SSSR count). The second-order valence-electron chi connectivity index (χ2n) is 7.90. The van der Waals surface area contributed by atoms with Gasteiger partial charge in [-0.15, -0.1) is 0 Å². The van der Waals surface area contributed by atoms with E-state index in [4.69, 9.17) is 10.8 Å². The number of esters is 1. The lowest BCUT2D eigenvalue weighted by Crippen LogP contribution is -2.42. The van der Waals surface area contributed by atoms with E-state index in [0.717, 1.165) is 37.6 Å². The van der Waals surface area contributed by atoms with Gasteiger partial charge < -0.3 is 20.9 Å². The number of methoxy groups -OCH3 is 1. The molecule has 2 heterocycles. The number of fused-ring (bicyclic) bond motifs is 1. The quantitative estimate of drug-likeness (QED) is 0.269. The summed E-state index contributed by atoms with van der Waals surface area (Å²) in [6.45, 7) is -0.754. The maximum absolute atomic E-state index is 13.4. The molecule has 2 aromatic heterocycles. The van der Waals surface area contributed by atoms with Gasteiger partial charge in [0.2, 0.25) is 5.95 Å². The third kappa shape index (κ3) is 7.02. The summed E-state index contributed by atoms with van der Waals surface area (Å²) < 4.78 is 44.7.